The van der Waals surface area contributed by atoms with Crippen molar-refractivity contribution in [2.75, 3.05) is 19.7 Å². The highest BCUT2D eigenvalue weighted by Crippen LogP contribution is 2.37. The monoisotopic (exact) mass is 608 g/mol. The van der Waals surface area contributed by atoms with Crippen molar-refractivity contribution in [1.82, 2.24) is 0 Å². The second-order valence-electron chi connectivity index (χ2n) is 12.4. The van der Waals surface area contributed by atoms with E-state index in [0.29, 0.717) is 19.3 Å². The molecule has 16 nitrogen and oxygen atoms in total. The molecule has 16 heteroatoms. The van der Waals surface area contributed by atoms with Crippen molar-refractivity contribution in [2.24, 2.45) is 46.2 Å². The van der Waals surface area contributed by atoms with E-state index < -0.39 is 110 Å². The SMILES string of the molecule is C[C@H]1C(O[C@H]2[C@@H](O)[C@H](O[C@@H]3[C@@H](O)[C@H](N)C[C@H](N)[C@H]3O[C@H]3O[C@H]([C@@H](N)CN)CC[C@H]3N)O[C@@H]2CO)C[C@@H](CN)[C@@H](O)[C@@H]1O. The van der Waals surface area contributed by atoms with E-state index in [2.05, 4.69) is 0 Å². The van der Waals surface area contributed by atoms with Crippen LogP contribution in [0.3, 0.4) is 0 Å². The molecule has 0 spiro atoms. The molecule has 246 valence electrons. The van der Waals surface area contributed by atoms with Crippen LogP contribution in [0.25, 0.3) is 0 Å². The smallest absolute Gasteiger partial charge is 0.187 e. The third-order valence-corrected chi connectivity index (χ3v) is 9.44. The Bertz CT molecular complexity index is 851. The van der Waals surface area contributed by atoms with Gasteiger partial charge in [-0.05, 0) is 32.2 Å². The van der Waals surface area contributed by atoms with Gasteiger partial charge >= 0.3 is 0 Å². The fourth-order valence-corrected chi connectivity index (χ4v) is 6.56. The number of ether oxygens (including phenoxy) is 5. The Morgan fingerprint density at radius 2 is 1.45 bits per heavy atom. The first-order chi connectivity index (χ1) is 19.9. The summed E-state index contributed by atoms with van der Waals surface area (Å²) < 4.78 is 30.4. The Hall–Kier alpha value is -0.640. The summed E-state index contributed by atoms with van der Waals surface area (Å²) in [5.74, 6) is -0.898. The summed E-state index contributed by atoms with van der Waals surface area (Å²) in [6.07, 6.45) is -10.4. The van der Waals surface area contributed by atoms with Crippen molar-refractivity contribution in [3.05, 3.63) is 0 Å². The molecule has 0 aromatic rings. The maximum atomic E-state index is 11.3. The fourth-order valence-electron chi connectivity index (χ4n) is 6.56. The van der Waals surface area contributed by atoms with Gasteiger partial charge in [-0.3, -0.25) is 0 Å². The lowest BCUT2D eigenvalue weighted by molar-refractivity contribution is -0.289. The van der Waals surface area contributed by atoms with Crippen LogP contribution in [0.15, 0.2) is 0 Å². The van der Waals surface area contributed by atoms with Gasteiger partial charge < -0.3 is 83.6 Å². The highest BCUT2D eigenvalue weighted by atomic mass is 16.7. The second kappa shape index (κ2) is 14.6. The lowest BCUT2D eigenvalue weighted by Crippen LogP contribution is -2.65. The van der Waals surface area contributed by atoms with Crippen molar-refractivity contribution in [3.8, 4) is 0 Å². The molecule has 4 aliphatic rings. The van der Waals surface area contributed by atoms with Crippen molar-refractivity contribution in [2.45, 2.75) is 130 Å². The third kappa shape index (κ3) is 7.09. The van der Waals surface area contributed by atoms with Gasteiger partial charge in [-0.15, -0.1) is 0 Å². The number of hydrogen-bond acceptors (Lipinski definition) is 16. The molecule has 2 aliphatic heterocycles. The molecular formula is C26H52N6O10. The molecule has 17 N–H and O–H groups in total. The van der Waals surface area contributed by atoms with Crippen LogP contribution in [0.4, 0.5) is 0 Å². The quantitative estimate of drug-likeness (QED) is 0.110. The molecule has 18 atom stereocenters. The molecule has 42 heavy (non-hydrogen) atoms. The van der Waals surface area contributed by atoms with E-state index >= 15 is 0 Å². The Morgan fingerprint density at radius 3 is 2.10 bits per heavy atom. The molecule has 4 fully saturated rings. The lowest BCUT2D eigenvalue weighted by atomic mass is 9.76. The number of hydrogen-bond donors (Lipinski definition) is 11. The Morgan fingerprint density at radius 1 is 0.762 bits per heavy atom. The summed E-state index contributed by atoms with van der Waals surface area (Å²) in [5, 5.41) is 53.2. The normalized spacial score (nSPS) is 51.0. The van der Waals surface area contributed by atoms with Gasteiger partial charge in [0.2, 0.25) is 0 Å². The molecule has 4 rings (SSSR count). The Labute approximate surface area is 245 Å². The lowest BCUT2D eigenvalue weighted by Gasteiger charge is -2.46. The number of rotatable bonds is 10. The van der Waals surface area contributed by atoms with Crippen LogP contribution in [-0.4, -0.2) is 143 Å². The van der Waals surface area contributed by atoms with Crippen molar-refractivity contribution < 1.29 is 49.2 Å². The minimum Gasteiger partial charge on any atom is -0.394 e. The maximum absolute atomic E-state index is 11.3. The van der Waals surface area contributed by atoms with E-state index in [4.69, 9.17) is 58.1 Å². The van der Waals surface area contributed by atoms with Crippen LogP contribution >= 0.6 is 0 Å². The number of aliphatic hydroxyl groups is 5. The van der Waals surface area contributed by atoms with Crippen LogP contribution in [0.1, 0.15) is 32.6 Å². The maximum Gasteiger partial charge on any atom is 0.187 e. The van der Waals surface area contributed by atoms with E-state index in [1.54, 1.807) is 6.92 Å². The molecule has 0 aromatic heterocycles. The second-order valence-corrected chi connectivity index (χ2v) is 12.4. The highest BCUT2D eigenvalue weighted by Gasteiger charge is 2.53. The minimum atomic E-state index is -1.41. The molecule has 0 radical (unpaired) electrons. The van der Waals surface area contributed by atoms with Crippen molar-refractivity contribution in [1.29, 1.82) is 0 Å². The predicted molar refractivity (Wildman–Crippen MR) is 148 cm³/mol. The summed E-state index contributed by atoms with van der Waals surface area (Å²) in [4.78, 5) is 0. The molecular weight excluding hydrogens is 556 g/mol. The first-order valence-electron chi connectivity index (χ1n) is 14.9. The molecule has 2 saturated carbocycles. The summed E-state index contributed by atoms with van der Waals surface area (Å²) in [5.41, 5.74) is 36.5. The van der Waals surface area contributed by atoms with Crippen LogP contribution in [0, 0.1) is 11.8 Å². The zero-order valence-corrected chi connectivity index (χ0v) is 24.1. The van der Waals surface area contributed by atoms with Gasteiger partial charge in [0.25, 0.3) is 0 Å². The number of aliphatic hydroxyl groups excluding tert-OH is 5. The predicted octanol–water partition coefficient (Wildman–Crippen LogP) is -5.54. The molecule has 2 saturated heterocycles. The summed E-state index contributed by atoms with van der Waals surface area (Å²) in [6.45, 7) is 1.57. The van der Waals surface area contributed by atoms with Gasteiger partial charge in [-0.1, -0.05) is 6.92 Å². The highest BCUT2D eigenvalue weighted by molar-refractivity contribution is 5.01. The van der Waals surface area contributed by atoms with Gasteiger partial charge in [0.15, 0.2) is 12.6 Å². The number of nitrogens with two attached hydrogens (primary N) is 6. The van der Waals surface area contributed by atoms with Gasteiger partial charge in [0.05, 0.1) is 43.2 Å². The van der Waals surface area contributed by atoms with Gasteiger partial charge in [0, 0.05) is 36.5 Å². The average Bonchev–Trinajstić information content (AvgIpc) is 3.27. The molecule has 0 amide bonds. The van der Waals surface area contributed by atoms with E-state index in [-0.39, 0.29) is 25.6 Å². The first kappa shape index (κ1) is 34.2. The Balaban J connectivity index is 1.48. The third-order valence-electron chi connectivity index (χ3n) is 9.44. The molecule has 1 unspecified atom stereocenters. The van der Waals surface area contributed by atoms with Crippen LogP contribution < -0.4 is 34.4 Å². The van der Waals surface area contributed by atoms with Crippen molar-refractivity contribution >= 4 is 0 Å². The van der Waals surface area contributed by atoms with Crippen LogP contribution in [0.2, 0.25) is 0 Å². The standard InChI is InChI=1S/C26H52N6O10/c1-9-16(4-10(6-27)19(35)18(9)34)38-23-17(8-33)40-26(21(23)37)42-24-20(36)12(30)5-13(31)22(24)41-25-11(29)2-3-15(39-25)14(32)7-28/h9-26,33-37H,2-8,27-32H2,1H3/t9-,10-,11+,12+,13-,14-,15-,16?,17+,18+,19+,20-,21+,22+,23+,24+,25+,26-/m0/s1. The van der Waals surface area contributed by atoms with E-state index in [1.807, 2.05) is 0 Å². The van der Waals surface area contributed by atoms with E-state index in [0.717, 1.165) is 0 Å². The van der Waals surface area contributed by atoms with E-state index in [9.17, 15) is 25.5 Å². The zero-order chi connectivity index (χ0) is 30.9. The summed E-state index contributed by atoms with van der Waals surface area (Å²) in [6, 6.07) is -2.36. The molecule has 0 bridgehead atoms. The fraction of sp³-hybridized carbons (Fsp3) is 1.00. The van der Waals surface area contributed by atoms with E-state index in [1.165, 1.54) is 0 Å². The minimum absolute atomic E-state index is 0.137. The average molecular weight is 609 g/mol. The Kier molecular flexibility index (Phi) is 11.9. The van der Waals surface area contributed by atoms with Gasteiger partial charge in [-0.25, -0.2) is 0 Å². The summed E-state index contributed by atoms with van der Waals surface area (Å²) in [7, 11) is 0. The van der Waals surface area contributed by atoms with Crippen molar-refractivity contribution in [3.63, 3.8) is 0 Å². The molecule has 0 aromatic carbocycles. The van der Waals surface area contributed by atoms with Crippen LogP contribution in [0.5, 0.6) is 0 Å². The van der Waals surface area contributed by atoms with Gasteiger partial charge in [-0.2, -0.15) is 0 Å². The first-order valence-corrected chi connectivity index (χ1v) is 14.9. The zero-order valence-electron chi connectivity index (χ0n) is 24.1. The molecule has 2 aliphatic carbocycles. The largest absolute Gasteiger partial charge is 0.394 e. The van der Waals surface area contributed by atoms with Crippen LogP contribution in [-0.2, 0) is 23.7 Å². The summed E-state index contributed by atoms with van der Waals surface area (Å²) >= 11 is 0. The molecule has 2 heterocycles. The topological polar surface area (TPSA) is 303 Å². The van der Waals surface area contributed by atoms with Gasteiger partial charge in [0.1, 0.15) is 30.5 Å².